The molecule has 1 saturated heterocycles. The van der Waals surface area contributed by atoms with E-state index in [4.69, 9.17) is 10.7 Å². The highest BCUT2D eigenvalue weighted by Crippen LogP contribution is 2.42. The zero-order valence-electron chi connectivity index (χ0n) is 16.7. The zero-order valence-corrected chi connectivity index (χ0v) is 17.5. The van der Waals surface area contributed by atoms with Crippen LogP contribution >= 0.6 is 11.8 Å². The molecule has 1 atom stereocenters. The lowest BCUT2D eigenvalue weighted by molar-refractivity contribution is -0.134. The third-order valence-electron chi connectivity index (χ3n) is 5.41. The number of amidine groups is 1. The average Bonchev–Trinajstić information content (AvgIpc) is 2.89. The molecular formula is C22H26N4O2S. The molecule has 1 fully saturated rings. The normalized spacial score (nSPS) is 17.3. The number of benzene rings is 2. The van der Waals surface area contributed by atoms with Crippen molar-refractivity contribution < 1.29 is 9.90 Å². The van der Waals surface area contributed by atoms with Gasteiger partial charge >= 0.3 is 0 Å². The van der Waals surface area contributed by atoms with E-state index in [2.05, 4.69) is 17.0 Å². The van der Waals surface area contributed by atoms with E-state index in [1.54, 1.807) is 23.9 Å². The van der Waals surface area contributed by atoms with Gasteiger partial charge in [-0.25, -0.2) is 4.99 Å². The molecule has 0 bridgehead atoms. The van der Waals surface area contributed by atoms with E-state index in [0.29, 0.717) is 26.2 Å². The number of piperazine rings is 1. The highest BCUT2D eigenvalue weighted by molar-refractivity contribution is 7.99. The minimum absolute atomic E-state index is 0.0271. The van der Waals surface area contributed by atoms with Crippen molar-refractivity contribution in [3.05, 3.63) is 48.0 Å². The van der Waals surface area contributed by atoms with Gasteiger partial charge in [0.25, 0.3) is 0 Å². The van der Waals surface area contributed by atoms with Crippen molar-refractivity contribution in [2.75, 3.05) is 26.2 Å². The number of rotatable bonds is 2. The van der Waals surface area contributed by atoms with Crippen LogP contribution < -0.4 is 5.73 Å². The molecule has 0 spiro atoms. The van der Waals surface area contributed by atoms with Crippen LogP contribution in [0.25, 0.3) is 0 Å². The molecule has 0 aromatic heterocycles. The minimum Gasteiger partial charge on any atom is -0.508 e. The average molecular weight is 411 g/mol. The van der Waals surface area contributed by atoms with Crippen LogP contribution in [0.5, 0.6) is 5.75 Å². The second kappa shape index (κ2) is 8.08. The fraction of sp³-hybridized carbons (Fsp3) is 0.364. The Hall–Kier alpha value is -2.51. The Morgan fingerprint density at radius 2 is 1.83 bits per heavy atom. The summed E-state index contributed by atoms with van der Waals surface area (Å²) in [6, 6.07) is 13.0. The number of hydrogen-bond donors (Lipinski definition) is 2. The Labute approximate surface area is 175 Å². The highest BCUT2D eigenvalue weighted by Gasteiger charge is 2.29. The van der Waals surface area contributed by atoms with Gasteiger partial charge in [-0.1, -0.05) is 43.8 Å². The molecule has 4 rings (SSSR count). The first-order valence-electron chi connectivity index (χ1n) is 9.92. The van der Waals surface area contributed by atoms with Crippen LogP contribution in [0.4, 0.5) is 5.69 Å². The smallest absolute Gasteiger partial charge is 0.239 e. The molecule has 0 radical (unpaired) electrons. The van der Waals surface area contributed by atoms with E-state index in [9.17, 15) is 9.90 Å². The molecule has 152 valence electrons. The van der Waals surface area contributed by atoms with Crippen molar-refractivity contribution >= 4 is 29.2 Å². The monoisotopic (exact) mass is 410 g/mol. The van der Waals surface area contributed by atoms with Crippen LogP contribution in [-0.2, 0) is 4.79 Å². The number of phenols is 1. The van der Waals surface area contributed by atoms with Crippen LogP contribution in [0, 0.1) is 5.92 Å². The summed E-state index contributed by atoms with van der Waals surface area (Å²) in [7, 11) is 0. The third-order valence-corrected chi connectivity index (χ3v) is 6.53. The minimum atomic E-state index is -0.451. The maximum atomic E-state index is 12.6. The molecule has 2 aliphatic heterocycles. The fourth-order valence-corrected chi connectivity index (χ4v) is 4.64. The molecule has 0 aliphatic carbocycles. The van der Waals surface area contributed by atoms with Gasteiger partial charge in [0.15, 0.2) is 0 Å². The van der Waals surface area contributed by atoms with Crippen molar-refractivity contribution in [1.82, 2.24) is 9.80 Å². The lowest BCUT2D eigenvalue weighted by Crippen LogP contribution is -2.55. The molecule has 2 heterocycles. The predicted molar refractivity (Wildman–Crippen MR) is 116 cm³/mol. The largest absolute Gasteiger partial charge is 0.508 e. The van der Waals surface area contributed by atoms with Crippen LogP contribution in [0.15, 0.2) is 57.2 Å². The fourth-order valence-electron chi connectivity index (χ4n) is 3.59. The van der Waals surface area contributed by atoms with Crippen molar-refractivity contribution in [2.24, 2.45) is 16.6 Å². The SMILES string of the molecule is CC(C)[C@H](N)C(=O)N1CCN(C2=Nc3ccc(O)cc3Sc3ccccc32)CC1. The van der Waals surface area contributed by atoms with Gasteiger partial charge in [0, 0.05) is 41.5 Å². The molecule has 2 aromatic rings. The Morgan fingerprint density at radius 3 is 2.55 bits per heavy atom. The van der Waals surface area contributed by atoms with E-state index >= 15 is 0 Å². The van der Waals surface area contributed by atoms with Crippen LogP contribution in [0.3, 0.4) is 0 Å². The molecule has 3 N–H and O–H groups in total. The summed E-state index contributed by atoms with van der Waals surface area (Å²) in [5, 5.41) is 9.89. The van der Waals surface area contributed by atoms with Crippen molar-refractivity contribution in [3.63, 3.8) is 0 Å². The third kappa shape index (κ3) is 3.97. The number of aliphatic imine (C=N–C) groups is 1. The lowest BCUT2D eigenvalue weighted by atomic mass is 10.0. The summed E-state index contributed by atoms with van der Waals surface area (Å²) in [6.45, 7) is 6.64. The number of carbonyl (C=O) groups excluding carboxylic acids is 1. The molecule has 29 heavy (non-hydrogen) atoms. The molecular weight excluding hydrogens is 384 g/mol. The van der Waals surface area contributed by atoms with Gasteiger partial charge < -0.3 is 20.6 Å². The van der Waals surface area contributed by atoms with Gasteiger partial charge in [-0.15, -0.1) is 0 Å². The Bertz CT molecular complexity index is 952. The molecule has 0 unspecified atom stereocenters. The van der Waals surface area contributed by atoms with E-state index < -0.39 is 6.04 Å². The van der Waals surface area contributed by atoms with Gasteiger partial charge in [0.2, 0.25) is 5.91 Å². The maximum absolute atomic E-state index is 12.6. The van der Waals surface area contributed by atoms with Gasteiger partial charge in [-0.2, -0.15) is 0 Å². The number of hydrogen-bond acceptors (Lipinski definition) is 6. The topological polar surface area (TPSA) is 82.2 Å². The first-order chi connectivity index (χ1) is 13.9. The number of nitrogens with two attached hydrogens (primary N) is 1. The lowest BCUT2D eigenvalue weighted by Gasteiger charge is -2.38. The first kappa shape index (κ1) is 19.8. The molecule has 6 nitrogen and oxygen atoms in total. The number of amides is 1. The quantitative estimate of drug-likeness (QED) is 0.795. The zero-order chi connectivity index (χ0) is 20.5. The van der Waals surface area contributed by atoms with Crippen molar-refractivity contribution in [2.45, 2.75) is 29.7 Å². The van der Waals surface area contributed by atoms with E-state index in [0.717, 1.165) is 26.9 Å². The van der Waals surface area contributed by atoms with E-state index in [1.165, 1.54) is 0 Å². The van der Waals surface area contributed by atoms with Gasteiger partial charge in [0.1, 0.15) is 11.6 Å². The molecule has 1 amide bonds. The maximum Gasteiger partial charge on any atom is 0.239 e. The predicted octanol–water partition coefficient (Wildman–Crippen LogP) is 3.06. The Kier molecular flexibility index (Phi) is 5.52. The summed E-state index contributed by atoms with van der Waals surface area (Å²) in [4.78, 5) is 23.7. The summed E-state index contributed by atoms with van der Waals surface area (Å²) in [5.41, 5.74) is 7.99. The van der Waals surface area contributed by atoms with Gasteiger partial charge in [-0.3, -0.25) is 4.79 Å². The summed E-state index contributed by atoms with van der Waals surface area (Å²) >= 11 is 1.62. The van der Waals surface area contributed by atoms with Crippen LogP contribution in [0.1, 0.15) is 19.4 Å². The molecule has 2 aromatic carbocycles. The number of fused-ring (bicyclic) bond motifs is 2. The van der Waals surface area contributed by atoms with E-state index in [-0.39, 0.29) is 17.6 Å². The van der Waals surface area contributed by atoms with Gasteiger partial charge in [-0.05, 0) is 30.2 Å². The summed E-state index contributed by atoms with van der Waals surface area (Å²) in [6.07, 6.45) is 0. The standard InChI is InChI=1S/C22H26N4O2S/c1-14(2)20(23)22(28)26-11-9-25(10-12-26)21-16-5-3-4-6-18(16)29-19-13-15(27)7-8-17(19)24-21/h3-8,13-14,20,27H,9-12,23H2,1-2H3/t20-/m0/s1. The molecule has 2 aliphatic rings. The number of carbonyl (C=O) groups is 1. The number of phenolic OH excluding ortho intramolecular Hbond substituents is 1. The van der Waals surface area contributed by atoms with Gasteiger partial charge in [0.05, 0.1) is 11.7 Å². The first-order valence-corrected chi connectivity index (χ1v) is 10.7. The van der Waals surface area contributed by atoms with Crippen molar-refractivity contribution in [1.29, 1.82) is 0 Å². The second-order valence-corrected chi connectivity index (χ2v) is 8.85. The summed E-state index contributed by atoms with van der Waals surface area (Å²) in [5.74, 6) is 1.31. The molecule has 0 saturated carbocycles. The Morgan fingerprint density at radius 1 is 1.10 bits per heavy atom. The molecule has 7 heteroatoms. The van der Waals surface area contributed by atoms with Crippen LogP contribution in [0.2, 0.25) is 0 Å². The number of nitrogens with zero attached hydrogens (tertiary/aromatic N) is 3. The highest BCUT2D eigenvalue weighted by atomic mass is 32.2. The van der Waals surface area contributed by atoms with E-state index in [1.807, 2.05) is 36.9 Å². The summed E-state index contributed by atoms with van der Waals surface area (Å²) < 4.78 is 0. The van der Waals surface area contributed by atoms with Crippen LogP contribution in [-0.4, -0.2) is 58.9 Å². The number of aromatic hydroxyl groups is 1. The second-order valence-electron chi connectivity index (χ2n) is 7.77. The van der Waals surface area contributed by atoms with Crippen molar-refractivity contribution in [3.8, 4) is 5.75 Å². The Balaban J connectivity index is 1.61.